The molecule has 1 heterocycles. The molecule has 0 fully saturated rings. The lowest BCUT2D eigenvalue weighted by molar-refractivity contribution is -0.139. The van der Waals surface area contributed by atoms with Crippen LogP contribution in [0.2, 0.25) is 0 Å². The molecular formula is C16H15IN2O6S. The van der Waals surface area contributed by atoms with Crippen molar-refractivity contribution in [1.29, 1.82) is 0 Å². The molecule has 0 saturated carbocycles. The van der Waals surface area contributed by atoms with Gasteiger partial charge in [-0.15, -0.1) is 0 Å². The summed E-state index contributed by atoms with van der Waals surface area (Å²) in [6.45, 7) is 0. The van der Waals surface area contributed by atoms with Gasteiger partial charge in [-0.25, -0.2) is 23.1 Å². The van der Waals surface area contributed by atoms with Crippen LogP contribution in [0.3, 0.4) is 0 Å². The molecule has 0 radical (unpaired) electrons. The highest BCUT2D eigenvalue weighted by molar-refractivity contribution is 14.1. The SMILES string of the molecule is COC(=O)C1=C(C(=O)OC)N(c2ccc(I)cc2S(N)(=O)=O)C=CC=C1. The van der Waals surface area contributed by atoms with Crippen LogP contribution in [-0.2, 0) is 29.1 Å². The smallest absolute Gasteiger partial charge is 0.355 e. The highest BCUT2D eigenvalue weighted by Gasteiger charge is 2.30. The van der Waals surface area contributed by atoms with Gasteiger partial charge in [0.2, 0.25) is 10.0 Å². The van der Waals surface area contributed by atoms with Crippen molar-refractivity contribution in [3.63, 3.8) is 0 Å². The van der Waals surface area contributed by atoms with E-state index in [0.717, 1.165) is 7.11 Å². The van der Waals surface area contributed by atoms with E-state index >= 15 is 0 Å². The van der Waals surface area contributed by atoms with Gasteiger partial charge in [-0.1, -0.05) is 6.08 Å². The second-order valence-electron chi connectivity index (χ2n) is 4.97. The van der Waals surface area contributed by atoms with Gasteiger partial charge in [0.05, 0.1) is 25.5 Å². The lowest BCUT2D eigenvalue weighted by Crippen LogP contribution is -2.28. The molecule has 138 valence electrons. The number of halogens is 1. The quantitative estimate of drug-likeness (QED) is 0.502. The number of esters is 2. The third-order valence-corrected chi connectivity index (χ3v) is 4.99. The first-order chi connectivity index (χ1) is 12.2. The molecular weight excluding hydrogens is 475 g/mol. The van der Waals surface area contributed by atoms with E-state index in [2.05, 4.69) is 0 Å². The summed E-state index contributed by atoms with van der Waals surface area (Å²) in [5.41, 5.74) is -0.201. The first-order valence-electron chi connectivity index (χ1n) is 7.08. The number of allylic oxidation sites excluding steroid dienone is 2. The number of sulfonamides is 1. The molecule has 2 N–H and O–H groups in total. The van der Waals surface area contributed by atoms with Gasteiger partial charge in [-0.2, -0.15) is 0 Å². The van der Waals surface area contributed by atoms with Gasteiger partial charge in [0.1, 0.15) is 10.6 Å². The molecule has 10 heteroatoms. The summed E-state index contributed by atoms with van der Waals surface area (Å²) in [4.78, 5) is 25.5. The average Bonchev–Trinajstić information content (AvgIpc) is 2.82. The molecule has 0 saturated heterocycles. The topological polar surface area (TPSA) is 116 Å². The van der Waals surface area contributed by atoms with Crippen LogP contribution in [0.15, 0.2) is 58.8 Å². The van der Waals surface area contributed by atoms with E-state index in [-0.39, 0.29) is 21.9 Å². The van der Waals surface area contributed by atoms with Crippen molar-refractivity contribution < 1.29 is 27.5 Å². The average molecular weight is 490 g/mol. The Morgan fingerprint density at radius 2 is 1.77 bits per heavy atom. The minimum atomic E-state index is -4.11. The largest absolute Gasteiger partial charge is 0.465 e. The predicted octanol–water partition coefficient (Wildman–Crippen LogP) is 1.43. The summed E-state index contributed by atoms with van der Waals surface area (Å²) in [6.07, 6.45) is 5.84. The number of benzene rings is 1. The van der Waals surface area contributed by atoms with Crippen molar-refractivity contribution in [2.24, 2.45) is 5.14 Å². The van der Waals surface area contributed by atoms with Gasteiger partial charge in [0, 0.05) is 9.77 Å². The van der Waals surface area contributed by atoms with Crippen molar-refractivity contribution in [3.8, 4) is 0 Å². The number of ether oxygens (including phenoxy) is 2. The number of carbonyl (C=O) groups is 2. The van der Waals surface area contributed by atoms with Crippen LogP contribution in [0.4, 0.5) is 5.69 Å². The minimum absolute atomic E-state index is 0.0923. The number of primary sulfonamides is 1. The number of hydrogen-bond acceptors (Lipinski definition) is 7. The van der Waals surface area contributed by atoms with E-state index in [9.17, 15) is 18.0 Å². The fourth-order valence-corrected chi connectivity index (χ4v) is 3.72. The lowest BCUT2D eigenvalue weighted by atomic mass is 10.1. The molecule has 1 aliphatic rings. The van der Waals surface area contributed by atoms with E-state index in [4.69, 9.17) is 14.6 Å². The molecule has 2 rings (SSSR count). The summed E-state index contributed by atoms with van der Waals surface area (Å²) in [5, 5.41) is 5.33. The van der Waals surface area contributed by atoms with Crippen molar-refractivity contribution >= 4 is 50.2 Å². The Balaban J connectivity index is 2.83. The molecule has 8 nitrogen and oxygen atoms in total. The van der Waals surface area contributed by atoms with E-state index in [1.54, 1.807) is 6.07 Å². The standard InChI is InChI=1S/C16H15IN2O6S/c1-24-15(20)11-5-3-4-8-19(14(11)16(21)25-2)12-7-6-10(17)9-13(12)26(18,22)23/h3-9H,1-2H3,(H2,18,22,23). The number of carbonyl (C=O) groups excluding carboxylic acids is 2. The van der Waals surface area contributed by atoms with Crippen molar-refractivity contribution in [1.82, 2.24) is 0 Å². The normalized spacial score (nSPS) is 14.2. The maximum atomic E-state index is 12.4. The van der Waals surface area contributed by atoms with Gasteiger partial charge in [0.15, 0.2) is 0 Å². The number of rotatable bonds is 4. The fraction of sp³-hybridized carbons (Fsp3) is 0.125. The summed E-state index contributed by atoms with van der Waals surface area (Å²) in [5.74, 6) is -1.63. The highest BCUT2D eigenvalue weighted by atomic mass is 127. The molecule has 1 aromatic carbocycles. The van der Waals surface area contributed by atoms with Crippen LogP contribution in [0.25, 0.3) is 0 Å². The fourth-order valence-electron chi connectivity index (χ4n) is 2.27. The van der Waals surface area contributed by atoms with Crippen LogP contribution in [0, 0.1) is 3.57 Å². The molecule has 1 aromatic rings. The van der Waals surface area contributed by atoms with E-state index in [1.807, 2.05) is 22.6 Å². The third-order valence-electron chi connectivity index (χ3n) is 3.38. The Labute approximate surface area is 164 Å². The van der Waals surface area contributed by atoms with Crippen molar-refractivity contribution in [2.45, 2.75) is 4.90 Å². The molecule has 0 bridgehead atoms. The first kappa shape index (κ1) is 20.1. The van der Waals surface area contributed by atoms with E-state index in [1.165, 1.54) is 48.6 Å². The number of nitrogens with two attached hydrogens (primary N) is 1. The van der Waals surface area contributed by atoms with Crippen LogP contribution in [0.1, 0.15) is 0 Å². The maximum Gasteiger partial charge on any atom is 0.355 e. The second-order valence-corrected chi connectivity index (χ2v) is 7.75. The lowest BCUT2D eigenvalue weighted by Gasteiger charge is -2.24. The third kappa shape index (κ3) is 4.14. The van der Waals surface area contributed by atoms with Crippen molar-refractivity contribution in [3.05, 3.63) is 57.5 Å². The summed E-state index contributed by atoms with van der Waals surface area (Å²) in [7, 11) is -1.79. The van der Waals surface area contributed by atoms with Crippen molar-refractivity contribution in [2.75, 3.05) is 19.1 Å². The Morgan fingerprint density at radius 3 is 2.35 bits per heavy atom. The monoisotopic (exact) mass is 490 g/mol. The molecule has 0 atom stereocenters. The van der Waals surface area contributed by atoms with E-state index in [0.29, 0.717) is 3.57 Å². The second kappa shape index (κ2) is 8.01. The molecule has 0 aliphatic carbocycles. The molecule has 0 aromatic heterocycles. The summed E-state index contributed by atoms with van der Waals surface area (Å²) < 4.78 is 34.2. The first-order valence-corrected chi connectivity index (χ1v) is 9.70. The number of methoxy groups -OCH3 is 2. The Hall–Kier alpha value is -2.18. The van der Waals surface area contributed by atoms with Crippen LogP contribution in [-0.4, -0.2) is 34.6 Å². The number of anilines is 1. The Kier molecular flexibility index (Phi) is 6.21. The molecule has 0 unspecified atom stereocenters. The van der Waals surface area contributed by atoms with Gasteiger partial charge < -0.3 is 14.4 Å². The maximum absolute atomic E-state index is 12.4. The summed E-state index contributed by atoms with van der Waals surface area (Å²) in [6, 6.07) is 4.49. The minimum Gasteiger partial charge on any atom is -0.465 e. The van der Waals surface area contributed by atoms with Gasteiger partial charge in [-0.3, -0.25) is 0 Å². The van der Waals surface area contributed by atoms with Crippen LogP contribution in [0.5, 0.6) is 0 Å². The molecule has 0 amide bonds. The van der Waals surface area contributed by atoms with E-state index < -0.39 is 22.0 Å². The zero-order valence-electron chi connectivity index (χ0n) is 13.8. The van der Waals surface area contributed by atoms with Gasteiger partial charge in [0.25, 0.3) is 0 Å². The molecule has 26 heavy (non-hydrogen) atoms. The Morgan fingerprint density at radius 1 is 1.12 bits per heavy atom. The zero-order chi connectivity index (χ0) is 19.5. The van der Waals surface area contributed by atoms with Gasteiger partial charge >= 0.3 is 11.9 Å². The molecule has 0 spiro atoms. The zero-order valence-corrected chi connectivity index (χ0v) is 16.8. The highest BCUT2D eigenvalue weighted by Crippen LogP contribution is 2.32. The number of hydrogen-bond donors (Lipinski definition) is 1. The molecule has 1 aliphatic heterocycles. The summed E-state index contributed by atoms with van der Waals surface area (Å²) >= 11 is 1.94. The van der Waals surface area contributed by atoms with Crippen LogP contribution < -0.4 is 10.0 Å². The predicted molar refractivity (Wildman–Crippen MR) is 102 cm³/mol. The van der Waals surface area contributed by atoms with Gasteiger partial charge in [-0.05, 0) is 52.9 Å². The number of nitrogens with zero attached hydrogens (tertiary/aromatic N) is 1. The van der Waals surface area contributed by atoms with Crippen LogP contribution >= 0.6 is 22.6 Å². The Bertz CT molecular complexity index is 949.